The highest BCUT2D eigenvalue weighted by atomic mass is 16.1. The van der Waals surface area contributed by atoms with Crippen molar-refractivity contribution < 1.29 is 0 Å². The van der Waals surface area contributed by atoms with Crippen molar-refractivity contribution in [2.45, 2.75) is 19.9 Å². The molecule has 0 radical (unpaired) electrons. The molecule has 0 saturated carbocycles. The fourth-order valence-corrected chi connectivity index (χ4v) is 2.16. The molecule has 0 aliphatic carbocycles. The molecule has 100 valence electrons. The summed E-state index contributed by atoms with van der Waals surface area (Å²) in [6.45, 7) is 5.87. The van der Waals surface area contributed by atoms with Gasteiger partial charge in [0.1, 0.15) is 5.82 Å². The van der Waals surface area contributed by atoms with Crippen molar-refractivity contribution in [3.8, 4) is 23.7 Å². The summed E-state index contributed by atoms with van der Waals surface area (Å²) in [5.74, 6) is 3.10. The molecule has 0 spiro atoms. The Morgan fingerprint density at radius 1 is 1.40 bits per heavy atom. The lowest BCUT2D eigenvalue weighted by Crippen LogP contribution is -2.27. The van der Waals surface area contributed by atoms with Crippen molar-refractivity contribution >= 4 is 6.08 Å². The van der Waals surface area contributed by atoms with Crippen LogP contribution in [0.4, 0.5) is 0 Å². The van der Waals surface area contributed by atoms with Gasteiger partial charge in [0.15, 0.2) is 0 Å². The summed E-state index contributed by atoms with van der Waals surface area (Å²) >= 11 is 0. The number of benzene rings is 1. The standard InChI is InChI=1S/C17H16N2O/c1-4-12-19-16(13-10-8-7-9-11-13)18-15(6-3)14(5-2)17(19)20/h1,6-11H,3,5,12H2,2H3. The Hall–Kier alpha value is -2.60. The van der Waals surface area contributed by atoms with E-state index in [1.54, 1.807) is 10.6 Å². The largest absolute Gasteiger partial charge is 0.281 e. The number of hydrogen-bond acceptors (Lipinski definition) is 2. The second kappa shape index (κ2) is 6.03. The SMILES string of the molecule is C#CCn1c(-c2ccccc2)nc(C=C)c(CC)c1=O. The van der Waals surface area contributed by atoms with Crippen LogP contribution in [0.15, 0.2) is 41.7 Å². The Balaban J connectivity index is 2.80. The first kappa shape index (κ1) is 13.8. The van der Waals surface area contributed by atoms with Gasteiger partial charge in [-0.15, -0.1) is 6.42 Å². The zero-order valence-corrected chi connectivity index (χ0v) is 11.5. The van der Waals surface area contributed by atoms with Gasteiger partial charge >= 0.3 is 0 Å². The topological polar surface area (TPSA) is 34.9 Å². The average molecular weight is 264 g/mol. The predicted molar refractivity (Wildman–Crippen MR) is 82.2 cm³/mol. The summed E-state index contributed by atoms with van der Waals surface area (Å²) in [5, 5.41) is 0. The molecule has 0 fully saturated rings. The average Bonchev–Trinajstić information content (AvgIpc) is 2.49. The molecule has 0 unspecified atom stereocenters. The van der Waals surface area contributed by atoms with Crippen molar-refractivity contribution in [1.29, 1.82) is 0 Å². The number of terminal acetylenes is 1. The van der Waals surface area contributed by atoms with Gasteiger partial charge in [-0.05, 0) is 12.5 Å². The molecule has 2 rings (SSSR count). The quantitative estimate of drug-likeness (QED) is 0.796. The molecule has 3 nitrogen and oxygen atoms in total. The van der Waals surface area contributed by atoms with Crippen molar-refractivity contribution in [2.24, 2.45) is 0 Å². The zero-order valence-electron chi connectivity index (χ0n) is 11.5. The summed E-state index contributed by atoms with van der Waals surface area (Å²) in [5.41, 5.74) is 2.05. The summed E-state index contributed by atoms with van der Waals surface area (Å²) in [6.07, 6.45) is 7.60. The number of nitrogens with zero attached hydrogens (tertiary/aromatic N) is 2. The first-order chi connectivity index (χ1) is 9.72. The van der Waals surface area contributed by atoms with Crippen LogP contribution in [-0.2, 0) is 13.0 Å². The second-order valence-corrected chi connectivity index (χ2v) is 4.32. The van der Waals surface area contributed by atoms with Gasteiger partial charge in [-0.1, -0.05) is 49.8 Å². The lowest BCUT2D eigenvalue weighted by Gasteiger charge is -2.13. The Morgan fingerprint density at radius 3 is 2.65 bits per heavy atom. The smallest absolute Gasteiger partial charge is 0.258 e. The highest BCUT2D eigenvalue weighted by Gasteiger charge is 2.14. The molecule has 1 heterocycles. The van der Waals surface area contributed by atoms with Crippen LogP contribution in [0.25, 0.3) is 17.5 Å². The maximum atomic E-state index is 12.5. The molecular weight excluding hydrogens is 248 g/mol. The van der Waals surface area contributed by atoms with Crippen LogP contribution in [0.1, 0.15) is 18.2 Å². The number of hydrogen-bond donors (Lipinski definition) is 0. The first-order valence-electron chi connectivity index (χ1n) is 6.48. The van der Waals surface area contributed by atoms with E-state index in [9.17, 15) is 4.79 Å². The molecule has 3 heteroatoms. The third-order valence-corrected chi connectivity index (χ3v) is 3.12. The molecule has 1 aromatic heterocycles. The maximum Gasteiger partial charge on any atom is 0.258 e. The van der Waals surface area contributed by atoms with Gasteiger partial charge in [0.2, 0.25) is 0 Å². The van der Waals surface area contributed by atoms with Crippen molar-refractivity contribution in [3.63, 3.8) is 0 Å². The van der Waals surface area contributed by atoms with E-state index in [1.165, 1.54) is 0 Å². The summed E-state index contributed by atoms with van der Waals surface area (Å²) < 4.78 is 1.54. The fourth-order valence-electron chi connectivity index (χ4n) is 2.16. The van der Waals surface area contributed by atoms with E-state index in [2.05, 4.69) is 17.5 Å². The Labute approximate surface area is 118 Å². The van der Waals surface area contributed by atoms with Crippen LogP contribution < -0.4 is 5.56 Å². The third kappa shape index (κ3) is 2.41. The van der Waals surface area contributed by atoms with E-state index in [-0.39, 0.29) is 12.1 Å². The zero-order chi connectivity index (χ0) is 14.5. The summed E-state index contributed by atoms with van der Waals surface area (Å²) in [4.78, 5) is 17.1. The molecule has 0 N–H and O–H groups in total. The van der Waals surface area contributed by atoms with E-state index in [4.69, 9.17) is 6.42 Å². The van der Waals surface area contributed by atoms with Gasteiger partial charge in [0.25, 0.3) is 5.56 Å². The van der Waals surface area contributed by atoms with Crippen molar-refractivity contribution in [1.82, 2.24) is 9.55 Å². The Bertz CT molecular complexity index is 721. The van der Waals surface area contributed by atoms with Gasteiger partial charge in [-0.25, -0.2) is 4.98 Å². The van der Waals surface area contributed by atoms with E-state index >= 15 is 0 Å². The van der Waals surface area contributed by atoms with Gasteiger partial charge in [0.05, 0.1) is 12.2 Å². The third-order valence-electron chi connectivity index (χ3n) is 3.12. The van der Waals surface area contributed by atoms with Crippen LogP contribution in [0, 0.1) is 12.3 Å². The molecule has 2 aromatic rings. The molecule has 0 amide bonds. The minimum Gasteiger partial charge on any atom is -0.281 e. The van der Waals surface area contributed by atoms with Crippen LogP contribution in [0.2, 0.25) is 0 Å². The number of rotatable bonds is 4. The fraction of sp³-hybridized carbons (Fsp3) is 0.176. The van der Waals surface area contributed by atoms with Gasteiger partial charge in [-0.3, -0.25) is 9.36 Å². The monoisotopic (exact) mass is 264 g/mol. The molecule has 1 aromatic carbocycles. The molecule has 0 atom stereocenters. The molecular formula is C17H16N2O. The van der Waals surface area contributed by atoms with Crippen LogP contribution in [-0.4, -0.2) is 9.55 Å². The van der Waals surface area contributed by atoms with Crippen molar-refractivity contribution in [2.75, 3.05) is 0 Å². The maximum absolute atomic E-state index is 12.5. The highest BCUT2D eigenvalue weighted by molar-refractivity contribution is 5.59. The summed E-state index contributed by atoms with van der Waals surface area (Å²) in [6, 6.07) is 9.55. The lowest BCUT2D eigenvalue weighted by atomic mass is 10.1. The van der Waals surface area contributed by atoms with Crippen LogP contribution in [0.3, 0.4) is 0 Å². The molecule has 0 aliphatic heterocycles. The molecule has 0 aliphatic rings. The van der Waals surface area contributed by atoms with E-state index < -0.39 is 0 Å². The van der Waals surface area contributed by atoms with Gasteiger partial charge in [-0.2, -0.15) is 0 Å². The lowest BCUT2D eigenvalue weighted by molar-refractivity contribution is 0.759. The summed E-state index contributed by atoms with van der Waals surface area (Å²) in [7, 11) is 0. The van der Waals surface area contributed by atoms with Crippen LogP contribution >= 0.6 is 0 Å². The minimum atomic E-state index is -0.0887. The second-order valence-electron chi connectivity index (χ2n) is 4.32. The predicted octanol–water partition coefficient (Wildman–Crippen LogP) is 2.75. The molecule has 0 bridgehead atoms. The molecule has 0 saturated heterocycles. The normalized spacial score (nSPS) is 10.0. The van der Waals surface area contributed by atoms with Gasteiger partial charge < -0.3 is 0 Å². The number of aromatic nitrogens is 2. The van der Waals surface area contributed by atoms with E-state index in [1.807, 2.05) is 37.3 Å². The molecule has 20 heavy (non-hydrogen) atoms. The van der Waals surface area contributed by atoms with E-state index in [0.717, 1.165) is 5.56 Å². The minimum absolute atomic E-state index is 0.0887. The highest BCUT2D eigenvalue weighted by Crippen LogP contribution is 2.17. The Morgan fingerprint density at radius 2 is 2.10 bits per heavy atom. The first-order valence-corrected chi connectivity index (χ1v) is 6.48. The van der Waals surface area contributed by atoms with Gasteiger partial charge in [0, 0.05) is 11.1 Å². The Kier molecular flexibility index (Phi) is 4.17. The van der Waals surface area contributed by atoms with Crippen molar-refractivity contribution in [3.05, 3.63) is 58.5 Å². The van der Waals surface area contributed by atoms with E-state index in [0.29, 0.717) is 23.5 Å². The van der Waals surface area contributed by atoms with Crippen LogP contribution in [0.5, 0.6) is 0 Å².